The van der Waals surface area contributed by atoms with Gasteiger partial charge < -0.3 is 4.90 Å². The van der Waals surface area contributed by atoms with E-state index in [1.165, 1.54) is 0 Å². The molecule has 2 aromatic rings. The molecule has 0 bridgehead atoms. The number of halogens is 8. The van der Waals surface area contributed by atoms with Gasteiger partial charge in [0.1, 0.15) is 0 Å². The summed E-state index contributed by atoms with van der Waals surface area (Å²) in [6.45, 7) is 2.52. The van der Waals surface area contributed by atoms with Gasteiger partial charge in [0.15, 0.2) is 17.5 Å². The summed E-state index contributed by atoms with van der Waals surface area (Å²) < 4.78 is -3.93. The number of hydrogen-bond acceptors (Lipinski definition) is 4. The molecule has 0 aliphatic heterocycles. The maximum absolute atomic E-state index is 12.8. The lowest BCUT2D eigenvalue weighted by Crippen LogP contribution is -2.34. The van der Waals surface area contributed by atoms with Crippen LogP contribution in [0.5, 0.6) is 0 Å². The fourth-order valence-electron chi connectivity index (χ4n) is 2.50. The minimum atomic E-state index is -1.96. The Labute approximate surface area is 213 Å². The first-order chi connectivity index (χ1) is 13.9. The summed E-state index contributed by atoms with van der Waals surface area (Å²) in [6.07, 6.45) is 0. The number of rotatable bonds is 6. The van der Waals surface area contributed by atoms with Gasteiger partial charge in [0, 0.05) is 36.0 Å². The minimum absolute atomic E-state index is 0.127. The van der Waals surface area contributed by atoms with Crippen LogP contribution in [0.2, 0.25) is 0 Å². The summed E-state index contributed by atoms with van der Waals surface area (Å²) >= 11 is 47.1. The third kappa shape index (κ3) is 6.76. The Bertz CT molecular complexity index is 875. The lowest BCUT2D eigenvalue weighted by molar-refractivity contribution is 0.0775. The zero-order valence-corrected chi connectivity index (χ0v) is 21.3. The second-order valence-electron chi connectivity index (χ2n) is 6.00. The number of hydrogen-bond donors (Lipinski definition) is 0. The second kappa shape index (κ2) is 10.8. The van der Waals surface area contributed by atoms with E-state index in [1.807, 2.05) is 0 Å². The van der Waals surface area contributed by atoms with Crippen LogP contribution in [0, 0.1) is 6.92 Å². The van der Waals surface area contributed by atoms with E-state index >= 15 is 0 Å². The van der Waals surface area contributed by atoms with Crippen LogP contribution in [0.15, 0.2) is 18.2 Å². The standard InChI is InChI=1S/C17H14Cl8N4O/c1-9-8-10(13(30)29(6-4-18)7-5-19)2-3-11(9)12-26-14(16(20,21)22)28-15(27-12)17(23,24)25/h2-3,8H,4-7H2,1H3. The van der Waals surface area contributed by atoms with Crippen molar-refractivity contribution in [2.24, 2.45) is 0 Å². The molecule has 30 heavy (non-hydrogen) atoms. The number of carbonyl (C=O) groups excluding carboxylic acids is 1. The molecule has 0 N–H and O–H groups in total. The third-order valence-corrected chi connectivity index (χ3v) is 5.21. The van der Waals surface area contributed by atoms with Crippen molar-refractivity contribution >= 4 is 98.7 Å². The molecule has 0 atom stereocenters. The second-order valence-corrected chi connectivity index (χ2v) is 11.3. The molecule has 0 aliphatic rings. The van der Waals surface area contributed by atoms with Crippen molar-refractivity contribution in [3.63, 3.8) is 0 Å². The number of carbonyl (C=O) groups is 1. The Morgan fingerprint density at radius 2 is 1.40 bits per heavy atom. The fourth-order valence-corrected chi connectivity index (χ4v) is 3.41. The fraction of sp³-hybridized carbons (Fsp3) is 0.412. The molecule has 1 heterocycles. The highest BCUT2D eigenvalue weighted by Crippen LogP contribution is 2.41. The Balaban J connectivity index is 2.51. The molecule has 1 aromatic carbocycles. The first-order valence-electron chi connectivity index (χ1n) is 8.31. The van der Waals surface area contributed by atoms with Crippen LogP contribution in [0.1, 0.15) is 27.6 Å². The van der Waals surface area contributed by atoms with Crippen molar-refractivity contribution in [3.05, 3.63) is 41.0 Å². The van der Waals surface area contributed by atoms with Gasteiger partial charge in [-0.2, -0.15) is 0 Å². The molecule has 0 aliphatic carbocycles. The van der Waals surface area contributed by atoms with Crippen LogP contribution >= 0.6 is 92.8 Å². The van der Waals surface area contributed by atoms with Gasteiger partial charge in [-0.05, 0) is 24.6 Å². The topological polar surface area (TPSA) is 59.0 Å². The van der Waals surface area contributed by atoms with Crippen molar-refractivity contribution in [3.8, 4) is 11.4 Å². The quantitative estimate of drug-likeness (QED) is 0.374. The summed E-state index contributed by atoms with van der Waals surface area (Å²) in [7, 11) is 0. The van der Waals surface area contributed by atoms with E-state index in [1.54, 1.807) is 30.0 Å². The molecule has 5 nitrogen and oxygen atoms in total. The summed E-state index contributed by atoms with van der Waals surface area (Å²) in [6, 6.07) is 4.96. The molecule has 13 heteroatoms. The SMILES string of the molecule is Cc1cc(C(=O)N(CCCl)CCCl)ccc1-c1nc(C(Cl)(Cl)Cl)nc(C(Cl)(Cl)Cl)n1. The molecule has 1 aromatic heterocycles. The van der Waals surface area contributed by atoms with Crippen LogP contribution in [0.4, 0.5) is 0 Å². The average molecular weight is 574 g/mol. The Kier molecular flexibility index (Phi) is 9.42. The zero-order valence-electron chi connectivity index (χ0n) is 15.3. The first kappa shape index (κ1) is 26.3. The average Bonchev–Trinajstić information content (AvgIpc) is 2.65. The Hall–Kier alpha value is 0.0200. The monoisotopic (exact) mass is 570 g/mol. The molecular weight excluding hydrogens is 560 g/mol. The molecule has 2 rings (SSSR count). The van der Waals surface area contributed by atoms with Gasteiger partial charge in [-0.3, -0.25) is 4.79 Å². The summed E-state index contributed by atoms with van der Waals surface area (Å²) in [5.41, 5.74) is 1.67. The van der Waals surface area contributed by atoms with Crippen LogP contribution in [-0.2, 0) is 7.59 Å². The number of alkyl halides is 8. The maximum atomic E-state index is 12.8. The van der Waals surface area contributed by atoms with Gasteiger partial charge >= 0.3 is 0 Å². The van der Waals surface area contributed by atoms with Crippen molar-refractivity contribution in [2.45, 2.75) is 14.5 Å². The number of aromatic nitrogens is 3. The van der Waals surface area contributed by atoms with Gasteiger partial charge in [0.05, 0.1) is 0 Å². The molecule has 164 valence electrons. The Morgan fingerprint density at radius 3 is 1.80 bits per heavy atom. The Morgan fingerprint density at radius 1 is 0.900 bits per heavy atom. The first-order valence-corrected chi connectivity index (χ1v) is 11.6. The third-order valence-electron chi connectivity index (χ3n) is 3.85. The normalized spacial score (nSPS) is 12.2. The van der Waals surface area contributed by atoms with Gasteiger partial charge in [-0.15, -0.1) is 23.2 Å². The minimum Gasteiger partial charge on any atom is -0.336 e. The van der Waals surface area contributed by atoms with Gasteiger partial charge in [-0.25, -0.2) is 15.0 Å². The molecular formula is C17H14Cl8N4O. The van der Waals surface area contributed by atoms with E-state index in [0.717, 1.165) is 0 Å². The van der Waals surface area contributed by atoms with Crippen LogP contribution in [-0.4, -0.2) is 50.6 Å². The highest BCUT2D eigenvalue weighted by atomic mass is 35.6. The predicted octanol–water partition coefficient (Wildman–Crippen LogP) is 6.42. The molecule has 0 fully saturated rings. The highest BCUT2D eigenvalue weighted by Gasteiger charge is 2.34. The molecule has 0 saturated heterocycles. The molecule has 1 amide bonds. The maximum Gasteiger partial charge on any atom is 0.253 e. The van der Waals surface area contributed by atoms with Crippen LogP contribution in [0.3, 0.4) is 0 Å². The van der Waals surface area contributed by atoms with Crippen LogP contribution in [0.25, 0.3) is 11.4 Å². The van der Waals surface area contributed by atoms with E-state index in [2.05, 4.69) is 15.0 Å². The molecule has 0 unspecified atom stereocenters. The highest BCUT2D eigenvalue weighted by molar-refractivity contribution is 6.67. The molecule has 0 saturated carbocycles. The van der Waals surface area contributed by atoms with Crippen molar-refractivity contribution in [1.29, 1.82) is 0 Å². The van der Waals surface area contributed by atoms with Gasteiger partial charge in [0.25, 0.3) is 5.91 Å². The smallest absolute Gasteiger partial charge is 0.253 e. The number of benzene rings is 1. The summed E-state index contributed by atoms with van der Waals surface area (Å²) in [5, 5.41) is 0. The van der Waals surface area contributed by atoms with Crippen LogP contribution < -0.4 is 0 Å². The molecule has 0 radical (unpaired) electrons. The number of amides is 1. The number of nitrogens with zero attached hydrogens (tertiary/aromatic N) is 4. The van der Waals surface area contributed by atoms with E-state index in [9.17, 15) is 4.79 Å². The van der Waals surface area contributed by atoms with E-state index in [-0.39, 0.29) is 23.4 Å². The molecule has 0 spiro atoms. The zero-order chi connectivity index (χ0) is 22.7. The van der Waals surface area contributed by atoms with Crippen molar-refractivity contribution in [1.82, 2.24) is 19.9 Å². The predicted molar refractivity (Wildman–Crippen MR) is 126 cm³/mol. The van der Waals surface area contributed by atoms with E-state index in [4.69, 9.17) is 92.8 Å². The van der Waals surface area contributed by atoms with Crippen molar-refractivity contribution in [2.75, 3.05) is 24.8 Å². The van der Waals surface area contributed by atoms with Crippen molar-refractivity contribution < 1.29 is 4.79 Å². The summed E-state index contributed by atoms with van der Waals surface area (Å²) in [4.78, 5) is 26.7. The largest absolute Gasteiger partial charge is 0.336 e. The summed E-state index contributed by atoms with van der Waals surface area (Å²) in [5.74, 6) is 0.115. The number of aryl methyl sites for hydroxylation is 1. The lowest BCUT2D eigenvalue weighted by Gasteiger charge is -2.21. The van der Waals surface area contributed by atoms with Gasteiger partial charge in [-0.1, -0.05) is 75.7 Å². The lowest BCUT2D eigenvalue weighted by atomic mass is 10.0. The van der Waals surface area contributed by atoms with Gasteiger partial charge in [0.2, 0.25) is 7.59 Å². The van der Waals surface area contributed by atoms with E-state index in [0.29, 0.717) is 41.5 Å². The van der Waals surface area contributed by atoms with E-state index < -0.39 is 7.59 Å².